The van der Waals surface area contributed by atoms with Gasteiger partial charge in [0.1, 0.15) is 5.52 Å². The van der Waals surface area contributed by atoms with Gasteiger partial charge in [-0.15, -0.1) is 0 Å². The molecule has 0 radical (unpaired) electrons. The zero-order chi connectivity index (χ0) is 19.8. The summed E-state index contributed by atoms with van der Waals surface area (Å²) in [6, 6.07) is 13.6. The number of fused-ring (bicyclic) bond motifs is 2. The molecule has 8 nitrogen and oxygen atoms in total. The van der Waals surface area contributed by atoms with Crippen molar-refractivity contribution in [1.82, 2.24) is 19.5 Å². The predicted molar refractivity (Wildman–Crippen MR) is 110 cm³/mol. The molecule has 2 aromatic heterocycles. The molecular formula is C20H19N5O3P+. The third-order valence-electron chi connectivity index (χ3n) is 5.05. The Morgan fingerprint density at radius 2 is 1.97 bits per heavy atom. The standard InChI is InChI=1S/C20H19N5O3P/c21-19-22-10-17-18(24-19)25(12-23-17)11-20(7-8-20)27-13-29(26)28-16-6-5-14-3-1-2-4-15(14)9-16/h1-6,9-10,12H,7-8,11,13H2,(H2,21,22,24)/q+1. The van der Waals surface area contributed by atoms with Crippen LogP contribution in [0.1, 0.15) is 12.8 Å². The summed E-state index contributed by atoms with van der Waals surface area (Å²) >= 11 is 0. The fraction of sp³-hybridized carbons (Fsp3) is 0.250. The summed E-state index contributed by atoms with van der Waals surface area (Å²) < 4.78 is 25.9. The minimum Gasteiger partial charge on any atom is -0.368 e. The number of hydrogen-bond donors (Lipinski definition) is 1. The molecule has 2 N–H and O–H groups in total. The van der Waals surface area contributed by atoms with Crippen molar-refractivity contribution in [1.29, 1.82) is 0 Å². The first kappa shape index (κ1) is 18.0. The molecule has 1 fully saturated rings. The van der Waals surface area contributed by atoms with E-state index in [2.05, 4.69) is 15.0 Å². The van der Waals surface area contributed by atoms with E-state index in [0.717, 1.165) is 23.6 Å². The molecule has 9 heteroatoms. The van der Waals surface area contributed by atoms with Crippen molar-refractivity contribution >= 4 is 35.9 Å². The molecule has 0 spiro atoms. The fourth-order valence-electron chi connectivity index (χ4n) is 3.34. The molecule has 1 aliphatic carbocycles. The second-order valence-corrected chi connectivity index (χ2v) is 8.31. The van der Waals surface area contributed by atoms with Crippen LogP contribution in [0.5, 0.6) is 5.75 Å². The molecule has 146 valence electrons. The molecule has 0 aliphatic heterocycles. The summed E-state index contributed by atoms with van der Waals surface area (Å²) in [6.45, 7) is 0.569. The molecule has 1 aliphatic rings. The van der Waals surface area contributed by atoms with Gasteiger partial charge in [0.2, 0.25) is 5.95 Å². The number of nitrogen functional groups attached to an aromatic ring is 1. The maximum absolute atomic E-state index is 12.4. The topological polar surface area (TPSA) is 105 Å². The Balaban J connectivity index is 1.23. The molecule has 0 bridgehead atoms. The van der Waals surface area contributed by atoms with E-state index >= 15 is 0 Å². The van der Waals surface area contributed by atoms with Gasteiger partial charge in [-0.2, -0.15) is 4.98 Å². The third-order valence-corrected chi connectivity index (χ3v) is 5.80. The van der Waals surface area contributed by atoms with Gasteiger partial charge in [0.15, 0.2) is 11.4 Å². The van der Waals surface area contributed by atoms with Gasteiger partial charge in [0.05, 0.1) is 24.7 Å². The van der Waals surface area contributed by atoms with Crippen LogP contribution in [0.4, 0.5) is 5.95 Å². The quantitative estimate of drug-likeness (QED) is 0.463. The molecule has 1 saturated carbocycles. The van der Waals surface area contributed by atoms with E-state index in [1.165, 1.54) is 0 Å². The highest BCUT2D eigenvalue weighted by molar-refractivity contribution is 7.39. The second-order valence-electron chi connectivity index (χ2n) is 7.20. The Labute approximate surface area is 167 Å². The van der Waals surface area contributed by atoms with Gasteiger partial charge in [-0.1, -0.05) is 30.3 Å². The summed E-state index contributed by atoms with van der Waals surface area (Å²) in [6.07, 6.45) is 5.10. The Bertz CT molecular complexity index is 1220. The van der Waals surface area contributed by atoms with Crippen molar-refractivity contribution in [2.45, 2.75) is 25.0 Å². The molecule has 5 rings (SSSR count). The Morgan fingerprint density at radius 3 is 2.79 bits per heavy atom. The van der Waals surface area contributed by atoms with Crippen LogP contribution in [-0.2, 0) is 15.8 Å². The zero-order valence-electron chi connectivity index (χ0n) is 15.6. The number of nitrogens with zero attached hydrogens (tertiary/aromatic N) is 4. The minimum absolute atomic E-state index is 0.0336. The second kappa shape index (κ2) is 7.06. The summed E-state index contributed by atoms with van der Waals surface area (Å²) in [5.41, 5.74) is 6.67. The number of hydrogen-bond acceptors (Lipinski definition) is 7. The Kier molecular flexibility index (Phi) is 4.38. The first-order valence-corrected chi connectivity index (χ1v) is 10.7. The number of benzene rings is 2. The minimum atomic E-state index is -1.98. The lowest BCUT2D eigenvalue weighted by Crippen LogP contribution is -2.22. The van der Waals surface area contributed by atoms with Gasteiger partial charge in [-0.3, -0.25) is 4.52 Å². The summed E-state index contributed by atoms with van der Waals surface area (Å²) in [7, 11) is -1.98. The van der Waals surface area contributed by atoms with E-state index in [1.54, 1.807) is 12.5 Å². The van der Waals surface area contributed by atoms with E-state index in [4.69, 9.17) is 15.0 Å². The lowest BCUT2D eigenvalue weighted by atomic mass is 10.1. The number of imidazole rings is 1. The van der Waals surface area contributed by atoms with Gasteiger partial charge >= 0.3 is 8.03 Å². The van der Waals surface area contributed by atoms with Crippen molar-refractivity contribution in [3.8, 4) is 5.75 Å². The zero-order valence-corrected chi connectivity index (χ0v) is 16.5. The largest absolute Gasteiger partial charge is 0.585 e. The molecule has 29 heavy (non-hydrogen) atoms. The number of aromatic nitrogens is 4. The molecule has 1 unspecified atom stereocenters. The van der Waals surface area contributed by atoms with Crippen LogP contribution in [0.25, 0.3) is 21.9 Å². The van der Waals surface area contributed by atoms with Crippen molar-refractivity contribution < 1.29 is 13.8 Å². The van der Waals surface area contributed by atoms with Crippen LogP contribution in [0.15, 0.2) is 55.0 Å². The Morgan fingerprint density at radius 1 is 1.14 bits per heavy atom. The van der Waals surface area contributed by atoms with Crippen LogP contribution in [0.3, 0.4) is 0 Å². The lowest BCUT2D eigenvalue weighted by Gasteiger charge is -2.14. The van der Waals surface area contributed by atoms with Gasteiger partial charge < -0.3 is 15.0 Å². The SMILES string of the molecule is Nc1ncc2ncn(CC3(OC[P+](=O)Oc4ccc5ccccc5c4)CC3)c2n1. The number of nitrogens with two attached hydrogens (primary N) is 1. The Hall–Kier alpha value is -3.09. The molecule has 0 amide bonds. The number of ether oxygens (including phenoxy) is 1. The highest BCUT2D eigenvalue weighted by Gasteiger charge is 2.47. The third kappa shape index (κ3) is 3.77. The molecule has 1 atom stereocenters. The highest BCUT2D eigenvalue weighted by atomic mass is 31.1. The highest BCUT2D eigenvalue weighted by Crippen LogP contribution is 2.43. The fourth-order valence-corrected chi connectivity index (χ4v) is 4.12. The van der Waals surface area contributed by atoms with E-state index in [-0.39, 0.29) is 17.9 Å². The molecule has 0 saturated heterocycles. The van der Waals surface area contributed by atoms with E-state index in [0.29, 0.717) is 23.5 Å². The van der Waals surface area contributed by atoms with Gasteiger partial charge in [0, 0.05) is 0 Å². The van der Waals surface area contributed by atoms with Crippen LogP contribution in [-0.4, -0.2) is 31.5 Å². The first-order chi connectivity index (χ1) is 14.1. The molecule has 2 aromatic carbocycles. The van der Waals surface area contributed by atoms with Crippen molar-refractivity contribution in [2.75, 3.05) is 12.1 Å². The van der Waals surface area contributed by atoms with Crippen molar-refractivity contribution in [2.24, 2.45) is 0 Å². The summed E-state index contributed by atoms with van der Waals surface area (Å²) in [5.74, 6) is 0.780. The summed E-state index contributed by atoms with van der Waals surface area (Å²) in [4.78, 5) is 12.5. The van der Waals surface area contributed by atoms with E-state index in [9.17, 15) is 4.57 Å². The normalized spacial score (nSPS) is 15.5. The van der Waals surface area contributed by atoms with Crippen LogP contribution >= 0.6 is 8.03 Å². The van der Waals surface area contributed by atoms with Crippen molar-refractivity contribution in [3.05, 3.63) is 55.0 Å². The van der Waals surface area contributed by atoms with E-state index < -0.39 is 8.03 Å². The van der Waals surface area contributed by atoms with Crippen LogP contribution < -0.4 is 10.3 Å². The average Bonchev–Trinajstić information content (AvgIpc) is 3.39. The van der Waals surface area contributed by atoms with Gasteiger partial charge in [-0.05, 0) is 40.3 Å². The number of anilines is 1. The van der Waals surface area contributed by atoms with Crippen LogP contribution in [0.2, 0.25) is 0 Å². The predicted octanol–water partition coefficient (Wildman–Crippen LogP) is 3.89. The monoisotopic (exact) mass is 408 g/mol. The number of rotatable bonds is 7. The maximum atomic E-state index is 12.4. The average molecular weight is 408 g/mol. The maximum Gasteiger partial charge on any atom is 0.585 e. The molecular weight excluding hydrogens is 389 g/mol. The van der Waals surface area contributed by atoms with Gasteiger partial charge in [0.25, 0.3) is 6.35 Å². The molecule has 2 heterocycles. The van der Waals surface area contributed by atoms with E-state index in [1.807, 2.05) is 47.0 Å². The van der Waals surface area contributed by atoms with Crippen LogP contribution in [0, 0.1) is 0 Å². The summed E-state index contributed by atoms with van der Waals surface area (Å²) in [5, 5.41) is 2.15. The van der Waals surface area contributed by atoms with Gasteiger partial charge in [-0.25, -0.2) is 9.97 Å². The molecule has 4 aromatic rings. The van der Waals surface area contributed by atoms with Crippen molar-refractivity contribution in [3.63, 3.8) is 0 Å². The first-order valence-electron chi connectivity index (χ1n) is 9.29. The smallest absolute Gasteiger partial charge is 0.368 e. The lowest BCUT2D eigenvalue weighted by molar-refractivity contribution is 0.0489.